The molecule has 2 fully saturated rings. The lowest BCUT2D eigenvalue weighted by molar-refractivity contribution is 0.0927. The number of nitrogens with zero attached hydrogens (tertiary/aromatic N) is 4. The van der Waals surface area contributed by atoms with Crippen LogP contribution in [0.15, 0.2) is 18.5 Å². The van der Waals surface area contributed by atoms with E-state index in [1.807, 2.05) is 13.0 Å². The second kappa shape index (κ2) is 5.90. The number of hydrogen-bond acceptors (Lipinski definition) is 5. The van der Waals surface area contributed by atoms with E-state index in [0.29, 0.717) is 30.0 Å². The summed E-state index contributed by atoms with van der Waals surface area (Å²) in [6.07, 6.45) is 6.99. The van der Waals surface area contributed by atoms with Crippen LogP contribution in [0.5, 0.6) is 0 Å². The molecule has 2 N–H and O–H groups in total. The van der Waals surface area contributed by atoms with Crippen molar-refractivity contribution in [1.29, 1.82) is 0 Å². The van der Waals surface area contributed by atoms with Gasteiger partial charge in [-0.1, -0.05) is 6.92 Å². The maximum absolute atomic E-state index is 16.3. The van der Waals surface area contributed by atoms with Gasteiger partial charge >= 0.3 is 0 Å². The minimum Gasteiger partial charge on any atom is -0.598 e. The second-order valence-corrected chi connectivity index (χ2v) is 8.90. The summed E-state index contributed by atoms with van der Waals surface area (Å²) >= 11 is -1.06. The van der Waals surface area contributed by atoms with Gasteiger partial charge in [-0.05, 0) is 18.9 Å². The molecule has 0 saturated heterocycles. The molecule has 0 aromatic carbocycles. The zero-order chi connectivity index (χ0) is 17.9. The van der Waals surface area contributed by atoms with E-state index in [1.54, 1.807) is 16.8 Å². The van der Waals surface area contributed by atoms with E-state index in [2.05, 4.69) is 24.9 Å². The van der Waals surface area contributed by atoms with Crippen LogP contribution in [0.25, 0.3) is 16.8 Å². The van der Waals surface area contributed by atoms with Crippen molar-refractivity contribution in [1.82, 2.24) is 29.3 Å². The highest BCUT2D eigenvalue weighted by atomic mass is 32.2. The molecule has 2 saturated carbocycles. The Labute approximate surface area is 153 Å². The first-order valence-corrected chi connectivity index (χ1v) is 10.3. The summed E-state index contributed by atoms with van der Waals surface area (Å²) in [5.74, 6) is 0.138. The van der Waals surface area contributed by atoms with Gasteiger partial charge in [-0.2, -0.15) is 0 Å². The highest BCUT2D eigenvalue weighted by Crippen LogP contribution is 2.48. The molecule has 1 unspecified atom stereocenters. The number of nitrogens with one attached hydrogen (secondary N) is 2. The summed E-state index contributed by atoms with van der Waals surface area (Å²) in [4.78, 5) is 7.35. The number of H-pyrrole nitrogens is 1. The van der Waals surface area contributed by atoms with Gasteiger partial charge in [0.15, 0.2) is 22.8 Å². The summed E-state index contributed by atoms with van der Waals surface area (Å²) in [5.41, 5.74) is 0.382. The Balaban J connectivity index is 1.54. The van der Waals surface area contributed by atoms with Crippen LogP contribution < -0.4 is 4.72 Å². The predicted molar refractivity (Wildman–Crippen MR) is 96.5 cm³/mol. The zero-order valence-corrected chi connectivity index (χ0v) is 15.3. The summed E-state index contributed by atoms with van der Waals surface area (Å²) < 4.78 is 33.5. The van der Waals surface area contributed by atoms with Gasteiger partial charge in [-0.25, -0.2) is 9.37 Å². The van der Waals surface area contributed by atoms with Gasteiger partial charge in [0, 0.05) is 42.7 Å². The maximum Gasteiger partial charge on any atom is 0.180 e. The average Bonchev–Trinajstić information content (AvgIpc) is 3.07. The number of fused-ring (bicyclic) bond motifs is 3. The Kier molecular flexibility index (Phi) is 3.74. The molecule has 3 aromatic rings. The number of aromatic amines is 1. The minimum absolute atomic E-state index is 0.109. The van der Waals surface area contributed by atoms with E-state index in [-0.39, 0.29) is 23.6 Å². The van der Waals surface area contributed by atoms with Crippen molar-refractivity contribution < 1.29 is 8.94 Å². The SMILES string of the molecule is CC[C@@H]1C[C@H](N[S+]([O-])C2CC2)C[C@]1(F)c1nnc2cnc3[nH]ccc3n12. The fourth-order valence-electron chi connectivity index (χ4n) is 4.18. The van der Waals surface area contributed by atoms with Gasteiger partial charge in [0.1, 0.15) is 5.25 Å². The number of rotatable bonds is 5. The van der Waals surface area contributed by atoms with Crippen LogP contribution in [0.4, 0.5) is 4.39 Å². The van der Waals surface area contributed by atoms with E-state index in [9.17, 15) is 4.55 Å². The van der Waals surface area contributed by atoms with Crippen molar-refractivity contribution in [2.24, 2.45) is 5.92 Å². The van der Waals surface area contributed by atoms with Gasteiger partial charge in [-0.15, -0.1) is 14.9 Å². The molecular formula is C17H21FN6OS. The third-order valence-corrected chi connectivity index (χ3v) is 7.32. The standard InChI is InChI=1S/C17H21FN6OS/c1-2-10-7-11(23-26(25)12-3-4-12)8-17(10,18)16-22-21-14-9-20-15-13(24(14)16)5-6-19-15/h5-6,9-12,19,23H,2-4,7-8H2,1H3/t10-,11+,17-,26?/m1/s1. The van der Waals surface area contributed by atoms with E-state index < -0.39 is 17.0 Å². The molecule has 26 heavy (non-hydrogen) atoms. The highest BCUT2D eigenvalue weighted by molar-refractivity contribution is 7.90. The lowest BCUT2D eigenvalue weighted by Gasteiger charge is -2.24. The van der Waals surface area contributed by atoms with E-state index in [4.69, 9.17) is 0 Å². The number of hydrogen-bond donors (Lipinski definition) is 2. The smallest absolute Gasteiger partial charge is 0.180 e. The van der Waals surface area contributed by atoms with E-state index in [1.165, 1.54) is 0 Å². The first-order chi connectivity index (χ1) is 12.6. The molecule has 9 heteroatoms. The molecule has 138 valence electrons. The molecule has 2 aliphatic rings. The monoisotopic (exact) mass is 376 g/mol. The molecule has 7 nitrogen and oxygen atoms in total. The minimum atomic E-state index is -1.61. The third-order valence-electron chi connectivity index (χ3n) is 5.68. The Morgan fingerprint density at radius 2 is 2.31 bits per heavy atom. The van der Waals surface area contributed by atoms with Crippen LogP contribution in [0, 0.1) is 5.92 Å². The van der Waals surface area contributed by atoms with Crippen molar-refractivity contribution in [2.45, 2.75) is 56.0 Å². The number of alkyl halides is 1. The van der Waals surface area contributed by atoms with Gasteiger partial charge in [0.25, 0.3) is 0 Å². The van der Waals surface area contributed by atoms with Gasteiger partial charge in [0.05, 0.1) is 17.8 Å². The molecule has 3 heterocycles. The second-order valence-electron chi connectivity index (χ2n) is 7.41. The van der Waals surface area contributed by atoms with Crippen LogP contribution in [-0.4, -0.2) is 40.4 Å². The van der Waals surface area contributed by atoms with Crippen LogP contribution >= 0.6 is 0 Å². The lowest BCUT2D eigenvalue weighted by Crippen LogP contribution is -2.36. The molecular weight excluding hydrogens is 355 g/mol. The van der Waals surface area contributed by atoms with E-state index >= 15 is 4.39 Å². The van der Waals surface area contributed by atoms with Crippen molar-refractivity contribution in [3.05, 3.63) is 24.3 Å². The largest absolute Gasteiger partial charge is 0.598 e. The summed E-state index contributed by atoms with van der Waals surface area (Å²) in [6.45, 7) is 2.00. The van der Waals surface area contributed by atoms with Crippen LogP contribution in [0.2, 0.25) is 0 Å². The highest BCUT2D eigenvalue weighted by Gasteiger charge is 2.53. The van der Waals surface area contributed by atoms with Crippen molar-refractivity contribution in [3.8, 4) is 0 Å². The molecule has 4 atom stereocenters. The average molecular weight is 376 g/mol. The molecule has 0 aliphatic heterocycles. The van der Waals surface area contributed by atoms with Crippen LogP contribution in [0.1, 0.15) is 44.9 Å². The Morgan fingerprint density at radius 1 is 1.46 bits per heavy atom. The number of aromatic nitrogens is 5. The normalized spacial score (nSPS) is 30.4. The third kappa shape index (κ3) is 2.44. The van der Waals surface area contributed by atoms with Crippen molar-refractivity contribution in [3.63, 3.8) is 0 Å². The molecule has 3 aromatic heterocycles. The van der Waals surface area contributed by atoms with Crippen LogP contribution in [0.3, 0.4) is 0 Å². The van der Waals surface area contributed by atoms with E-state index in [0.717, 1.165) is 18.4 Å². The van der Waals surface area contributed by atoms with Crippen molar-refractivity contribution >= 4 is 28.2 Å². The Bertz CT molecular complexity index is 955. The van der Waals surface area contributed by atoms with Gasteiger partial charge < -0.3 is 9.54 Å². The quantitative estimate of drug-likeness (QED) is 0.667. The first-order valence-electron chi connectivity index (χ1n) is 9.13. The molecule has 0 spiro atoms. The van der Waals surface area contributed by atoms with Crippen LogP contribution in [-0.2, 0) is 17.0 Å². The molecule has 0 amide bonds. The Hall–Kier alpha value is -1.71. The van der Waals surface area contributed by atoms with Crippen molar-refractivity contribution in [2.75, 3.05) is 0 Å². The maximum atomic E-state index is 16.3. The topological polar surface area (TPSA) is 94.0 Å². The molecule has 2 aliphatic carbocycles. The summed E-state index contributed by atoms with van der Waals surface area (Å²) in [7, 11) is 0. The van der Waals surface area contributed by atoms with Gasteiger partial charge in [-0.3, -0.25) is 4.40 Å². The fourth-order valence-corrected chi connectivity index (χ4v) is 5.45. The van der Waals surface area contributed by atoms with Gasteiger partial charge in [0.2, 0.25) is 0 Å². The first kappa shape index (κ1) is 16.5. The Morgan fingerprint density at radius 3 is 3.08 bits per heavy atom. The lowest BCUT2D eigenvalue weighted by atomic mass is 9.89. The fraction of sp³-hybridized carbons (Fsp3) is 0.588. The number of halogens is 1. The summed E-state index contributed by atoms with van der Waals surface area (Å²) in [6, 6.07) is 1.75. The molecule has 0 bridgehead atoms. The molecule has 0 radical (unpaired) electrons. The zero-order valence-electron chi connectivity index (χ0n) is 14.5. The predicted octanol–water partition coefficient (Wildman–Crippen LogP) is 2.37. The summed E-state index contributed by atoms with van der Waals surface area (Å²) in [5, 5.41) is 8.61. The molecule has 5 rings (SSSR count).